The maximum atomic E-state index is 12.8. The topological polar surface area (TPSA) is 66.9 Å². The number of imide groups is 1. The number of amides is 3. The fourth-order valence-corrected chi connectivity index (χ4v) is 5.02. The molecule has 31 heavy (non-hydrogen) atoms. The van der Waals surface area contributed by atoms with Gasteiger partial charge >= 0.3 is 0 Å². The fraction of sp³-hybridized carbons (Fsp3) is 0.227. The second-order valence-corrected chi connectivity index (χ2v) is 9.40. The van der Waals surface area contributed by atoms with Crippen LogP contribution in [0.25, 0.3) is 6.08 Å². The quantitative estimate of drug-likeness (QED) is 0.599. The summed E-state index contributed by atoms with van der Waals surface area (Å²) < 4.78 is 5.24. The molecule has 0 atom stereocenters. The van der Waals surface area contributed by atoms with Gasteiger partial charge < -0.3 is 9.64 Å². The van der Waals surface area contributed by atoms with Crippen molar-refractivity contribution in [1.82, 2.24) is 9.80 Å². The number of rotatable bonds is 5. The zero-order valence-corrected chi connectivity index (χ0v) is 18.8. The molecule has 9 heteroatoms. The molecular weight excluding hydrogens is 456 g/mol. The number of benzene rings is 2. The van der Waals surface area contributed by atoms with Crippen molar-refractivity contribution in [2.45, 2.75) is 9.79 Å². The van der Waals surface area contributed by atoms with Crippen LogP contribution in [0.1, 0.15) is 5.56 Å². The summed E-state index contributed by atoms with van der Waals surface area (Å²) in [7, 11) is 0. The van der Waals surface area contributed by atoms with Crippen LogP contribution < -0.4 is 0 Å². The van der Waals surface area contributed by atoms with Crippen molar-refractivity contribution in [3.8, 4) is 0 Å². The Morgan fingerprint density at radius 3 is 2.55 bits per heavy atom. The van der Waals surface area contributed by atoms with Crippen LogP contribution in [0.3, 0.4) is 0 Å². The number of carbonyl (C=O) groups excluding carboxylic acids is 3. The summed E-state index contributed by atoms with van der Waals surface area (Å²) >= 11 is 8.36. The molecule has 0 radical (unpaired) electrons. The second kappa shape index (κ2) is 9.91. The number of nitrogens with zero attached hydrogens (tertiary/aromatic N) is 2. The van der Waals surface area contributed by atoms with Gasteiger partial charge in [0, 0.05) is 27.9 Å². The molecule has 6 nitrogen and oxygen atoms in total. The lowest BCUT2D eigenvalue weighted by Crippen LogP contribution is -2.46. The van der Waals surface area contributed by atoms with E-state index in [1.807, 2.05) is 48.5 Å². The average molecular weight is 475 g/mol. The number of carbonyl (C=O) groups is 3. The van der Waals surface area contributed by atoms with Crippen molar-refractivity contribution >= 4 is 58.3 Å². The Balaban J connectivity index is 1.50. The lowest BCUT2D eigenvalue weighted by Gasteiger charge is -2.28. The van der Waals surface area contributed by atoms with Gasteiger partial charge in [0.05, 0.1) is 18.1 Å². The molecule has 0 aromatic heterocycles. The first-order valence-electron chi connectivity index (χ1n) is 9.64. The SMILES string of the molecule is O=C(CN1C(=O)S/C(=C\c2ccccc2Sc2ccc(Cl)cc2)C1=O)N1CCOCC1. The maximum absolute atomic E-state index is 12.8. The molecule has 0 saturated carbocycles. The molecule has 4 rings (SSSR count). The number of hydrogen-bond donors (Lipinski definition) is 0. The maximum Gasteiger partial charge on any atom is 0.294 e. The lowest BCUT2D eigenvalue weighted by molar-refractivity contribution is -0.139. The van der Waals surface area contributed by atoms with E-state index in [0.29, 0.717) is 36.2 Å². The minimum absolute atomic E-state index is 0.245. The van der Waals surface area contributed by atoms with Crippen molar-refractivity contribution in [1.29, 1.82) is 0 Å². The summed E-state index contributed by atoms with van der Waals surface area (Å²) in [6.07, 6.45) is 1.71. The lowest BCUT2D eigenvalue weighted by atomic mass is 10.2. The van der Waals surface area contributed by atoms with Crippen LogP contribution in [0.2, 0.25) is 5.02 Å². The average Bonchev–Trinajstić information content (AvgIpc) is 3.04. The molecule has 0 unspecified atom stereocenters. The third-order valence-electron chi connectivity index (χ3n) is 4.78. The second-order valence-electron chi connectivity index (χ2n) is 6.85. The first-order valence-corrected chi connectivity index (χ1v) is 11.7. The highest BCUT2D eigenvalue weighted by Crippen LogP contribution is 2.36. The Hall–Kier alpha value is -2.26. The van der Waals surface area contributed by atoms with E-state index in [4.69, 9.17) is 16.3 Å². The van der Waals surface area contributed by atoms with Gasteiger partial charge in [-0.15, -0.1) is 0 Å². The van der Waals surface area contributed by atoms with E-state index in [-0.39, 0.29) is 12.5 Å². The third kappa shape index (κ3) is 5.33. The number of morpholine rings is 1. The first-order chi connectivity index (χ1) is 15.0. The molecule has 2 aliphatic heterocycles. The molecule has 3 amide bonds. The zero-order valence-electron chi connectivity index (χ0n) is 16.5. The monoisotopic (exact) mass is 474 g/mol. The molecule has 0 bridgehead atoms. The minimum atomic E-state index is -0.442. The smallest absolute Gasteiger partial charge is 0.294 e. The van der Waals surface area contributed by atoms with Crippen LogP contribution in [-0.4, -0.2) is 59.7 Å². The zero-order chi connectivity index (χ0) is 21.8. The molecule has 160 valence electrons. The van der Waals surface area contributed by atoms with Crippen LogP contribution in [0.4, 0.5) is 4.79 Å². The molecule has 0 N–H and O–H groups in total. The summed E-state index contributed by atoms with van der Waals surface area (Å²) in [5.41, 5.74) is 0.826. The van der Waals surface area contributed by atoms with Crippen LogP contribution in [0.5, 0.6) is 0 Å². The highest BCUT2D eigenvalue weighted by Gasteiger charge is 2.37. The molecule has 0 spiro atoms. The van der Waals surface area contributed by atoms with Crippen LogP contribution in [0.15, 0.2) is 63.2 Å². The van der Waals surface area contributed by atoms with Gasteiger partial charge in [-0.25, -0.2) is 0 Å². The van der Waals surface area contributed by atoms with Gasteiger partial charge in [0.2, 0.25) is 5.91 Å². The number of thioether (sulfide) groups is 1. The van der Waals surface area contributed by atoms with Gasteiger partial charge in [-0.3, -0.25) is 19.3 Å². The summed E-state index contributed by atoms with van der Waals surface area (Å²) in [5.74, 6) is -0.687. The standard InChI is InChI=1S/C22H19ClN2O4S2/c23-16-5-7-17(8-6-16)30-18-4-2-1-3-15(18)13-19-21(27)25(22(28)31-19)14-20(26)24-9-11-29-12-10-24/h1-8,13H,9-12,14H2/b19-13-. The van der Waals surface area contributed by atoms with Gasteiger partial charge in [-0.1, -0.05) is 41.6 Å². The number of hydrogen-bond acceptors (Lipinski definition) is 6. The summed E-state index contributed by atoms with van der Waals surface area (Å²) in [6, 6.07) is 15.1. The van der Waals surface area contributed by atoms with Crippen LogP contribution in [-0.2, 0) is 14.3 Å². The summed E-state index contributed by atoms with van der Waals surface area (Å²) in [6.45, 7) is 1.63. The Labute approximate surface area is 193 Å². The Kier molecular flexibility index (Phi) is 7.02. The van der Waals surface area contributed by atoms with Crippen molar-refractivity contribution in [3.63, 3.8) is 0 Å². The number of halogens is 1. The minimum Gasteiger partial charge on any atom is -0.378 e. The molecule has 2 fully saturated rings. The van der Waals surface area contributed by atoms with Crippen molar-refractivity contribution in [3.05, 3.63) is 64.0 Å². The summed E-state index contributed by atoms with van der Waals surface area (Å²) in [5, 5.41) is 0.235. The predicted molar refractivity (Wildman–Crippen MR) is 122 cm³/mol. The molecule has 0 aliphatic carbocycles. The largest absolute Gasteiger partial charge is 0.378 e. The first kappa shape index (κ1) is 22.0. The van der Waals surface area contributed by atoms with E-state index in [1.54, 1.807) is 22.7 Å². The van der Waals surface area contributed by atoms with Crippen LogP contribution >= 0.6 is 35.1 Å². The van der Waals surface area contributed by atoms with Gasteiger partial charge in [0.25, 0.3) is 11.1 Å². The van der Waals surface area contributed by atoms with Crippen LogP contribution in [0, 0.1) is 0 Å². The van der Waals surface area contributed by atoms with Gasteiger partial charge in [-0.05, 0) is 53.7 Å². The van der Waals surface area contributed by atoms with Crippen molar-refractivity contribution in [2.24, 2.45) is 0 Å². The molecule has 2 aromatic carbocycles. The Morgan fingerprint density at radius 2 is 1.81 bits per heavy atom. The Bertz CT molecular complexity index is 1040. The van der Waals surface area contributed by atoms with E-state index >= 15 is 0 Å². The van der Waals surface area contributed by atoms with Crippen molar-refractivity contribution in [2.75, 3.05) is 32.8 Å². The predicted octanol–water partition coefficient (Wildman–Crippen LogP) is 4.39. The van der Waals surface area contributed by atoms with E-state index in [1.165, 1.54) is 0 Å². The van der Waals surface area contributed by atoms with E-state index in [9.17, 15) is 14.4 Å². The fourth-order valence-electron chi connectivity index (χ4n) is 3.15. The molecule has 2 aromatic rings. The molecule has 2 heterocycles. The summed E-state index contributed by atoms with van der Waals surface area (Å²) in [4.78, 5) is 42.6. The van der Waals surface area contributed by atoms with E-state index in [0.717, 1.165) is 32.0 Å². The van der Waals surface area contributed by atoms with Gasteiger partial charge in [0.15, 0.2) is 0 Å². The van der Waals surface area contributed by atoms with Gasteiger partial charge in [-0.2, -0.15) is 0 Å². The highest BCUT2D eigenvalue weighted by molar-refractivity contribution is 8.18. The van der Waals surface area contributed by atoms with E-state index < -0.39 is 11.1 Å². The Morgan fingerprint density at radius 1 is 1.10 bits per heavy atom. The number of ether oxygens (including phenoxy) is 1. The molecular formula is C22H19ClN2O4S2. The highest BCUT2D eigenvalue weighted by atomic mass is 35.5. The molecule has 2 saturated heterocycles. The van der Waals surface area contributed by atoms with Crippen molar-refractivity contribution < 1.29 is 19.1 Å². The van der Waals surface area contributed by atoms with E-state index in [2.05, 4.69) is 0 Å². The molecule has 2 aliphatic rings. The normalized spacial score (nSPS) is 18.2. The van der Waals surface area contributed by atoms with Gasteiger partial charge in [0.1, 0.15) is 6.54 Å². The third-order valence-corrected chi connectivity index (χ3v) is 7.04.